The summed E-state index contributed by atoms with van der Waals surface area (Å²) in [4.78, 5) is 14.1. The van der Waals surface area contributed by atoms with E-state index in [-0.39, 0.29) is 11.6 Å². The van der Waals surface area contributed by atoms with E-state index in [0.29, 0.717) is 17.4 Å². The summed E-state index contributed by atoms with van der Waals surface area (Å²) in [5, 5.41) is 0.273. The minimum atomic E-state index is 0.210. The molecule has 5 heteroatoms. The Labute approximate surface area is 84.5 Å². The molecule has 0 atom stereocenters. The number of carbonyl (C=O) groups is 1. The number of nitrogens with zero attached hydrogens (tertiary/aromatic N) is 1. The molecule has 0 aliphatic heterocycles. The first-order valence-electron chi connectivity index (χ1n) is 3.93. The topological polar surface area (TPSA) is 56.2 Å². The van der Waals surface area contributed by atoms with Gasteiger partial charge in [-0.25, -0.2) is 4.98 Å². The van der Waals surface area contributed by atoms with Crippen molar-refractivity contribution in [2.75, 3.05) is 0 Å². The van der Waals surface area contributed by atoms with Gasteiger partial charge in [0.05, 0.1) is 12.6 Å². The molecule has 0 N–H and O–H groups in total. The molecule has 0 saturated carbocycles. The molecule has 2 rings (SSSR count). The second-order valence-corrected chi connectivity index (χ2v) is 2.98. The summed E-state index contributed by atoms with van der Waals surface area (Å²) in [5.41, 5.74) is 0. The van der Waals surface area contributed by atoms with Gasteiger partial charge in [-0.15, -0.1) is 0 Å². The van der Waals surface area contributed by atoms with Crippen molar-refractivity contribution in [1.82, 2.24) is 4.98 Å². The predicted octanol–water partition coefficient (Wildman–Crippen LogP) is 2.33. The molecule has 0 unspecified atom stereocenters. The molecule has 0 bridgehead atoms. The number of oxazole rings is 1. The van der Waals surface area contributed by atoms with Gasteiger partial charge < -0.3 is 13.6 Å². The van der Waals surface area contributed by atoms with E-state index in [4.69, 9.17) is 20.4 Å². The third-order valence-corrected chi connectivity index (χ3v) is 1.83. The first-order valence-corrected chi connectivity index (χ1v) is 4.31. The number of hydrogen-bond acceptors (Lipinski definition) is 4. The molecule has 0 aliphatic rings. The van der Waals surface area contributed by atoms with E-state index in [1.807, 2.05) is 0 Å². The molecule has 14 heavy (non-hydrogen) atoms. The molecule has 0 aliphatic carbocycles. The third kappa shape index (κ3) is 1.70. The maximum atomic E-state index is 10.2. The fourth-order valence-electron chi connectivity index (χ4n) is 1.03. The van der Waals surface area contributed by atoms with E-state index in [2.05, 4.69) is 4.98 Å². The van der Waals surface area contributed by atoms with E-state index < -0.39 is 0 Å². The van der Waals surface area contributed by atoms with Gasteiger partial charge >= 0.3 is 0 Å². The summed E-state index contributed by atoms with van der Waals surface area (Å²) in [6.07, 6.45) is 2.45. The largest absolute Gasteiger partial charge is 0.440 e. The zero-order valence-corrected chi connectivity index (χ0v) is 7.82. The van der Waals surface area contributed by atoms with Gasteiger partial charge in [0.15, 0.2) is 11.0 Å². The Morgan fingerprint density at radius 1 is 1.43 bits per heavy atom. The average molecular weight is 212 g/mol. The molecule has 0 saturated heterocycles. The van der Waals surface area contributed by atoms with Crippen molar-refractivity contribution in [2.45, 2.75) is 6.42 Å². The van der Waals surface area contributed by atoms with Crippen molar-refractivity contribution in [3.05, 3.63) is 29.3 Å². The molecule has 0 aromatic carbocycles. The molecular formula is C9H6ClNO3. The van der Waals surface area contributed by atoms with Crippen LogP contribution >= 0.6 is 11.6 Å². The van der Waals surface area contributed by atoms with Gasteiger partial charge in [-0.2, -0.15) is 0 Å². The first-order chi connectivity index (χ1) is 6.79. The number of aromatic nitrogens is 1. The monoisotopic (exact) mass is 211 g/mol. The van der Waals surface area contributed by atoms with E-state index in [9.17, 15) is 4.79 Å². The fraction of sp³-hybridized carbons (Fsp3) is 0.111. The standard InChI is InChI=1S/C9H6ClNO3/c10-8-2-1-7(14-8)9-11-5-6(13-9)3-4-12/h1-2,4-5H,3H2. The van der Waals surface area contributed by atoms with Crippen molar-refractivity contribution in [1.29, 1.82) is 0 Å². The summed E-state index contributed by atoms with van der Waals surface area (Å²) in [6, 6.07) is 3.25. The van der Waals surface area contributed by atoms with Crippen molar-refractivity contribution >= 4 is 17.9 Å². The Morgan fingerprint density at radius 3 is 2.93 bits per heavy atom. The lowest BCUT2D eigenvalue weighted by molar-refractivity contribution is -0.107. The molecule has 2 aromatic rings. The van der Waals surface area contributed by atoms with Crippen LogP contribution in [0, 0.1) is 0 Å². The molecule has 0 amide bonds. The number of aldehydes is 1. The van der Waals surface area contributed by atoms with Gasteiger partial charge in [0.1, 0.15) is 12.0 Å². The quantitative estimate of drug-likeness (QED) is 0.732. The van der Waals surface area contributed by atoms with Crippen LogP contribution in [-0.2, 0) is 11.2 Å². The minimum absolute atomic E-state index is 0.210. The first kappa shape index (κ1) is 9.02. The number of carbonyl (C=O) groups excluding carboxylic acids is 1. The van der Waals surface area contributed by atoms with Crippen LogP contribution in [0.15, 0.2) is 27.2 Å². The maximum Gasteiger partial charge on any atom is 0.263 e. The Balaban J connectivity index is 2.28. The number of rotatable bonds is 3. The van der Waals surface area contributed by atoms with E-state index in [1.54, 1.807) is 12.1 Å². The van der Waals surface area contributed by atoms with Crippen LogP contribution in [0.5, 0.6) is 0 Å². The molecular weight excluding hydrogens is 206 g/mol. The van der Waals surface area contributed by atoms with Crippen molar-refractivity contribution in [3.63, 3.8) is 0 Å². The Kier molecular flexibility index (Phi) is 2.37. The normalized spacial score (nSPS) is 10.4. The summed E-state index contributed by atoms with van der Waals surface area (Å²) >= 11 is 5.59. The second-order valence-electron chi connectivity index (χ2n) is 2.61. The van der Waals surface area contributed by atoms with Gasteiger partial charge in [-0.3, -0.25) is 0 Å². The molecule has 0 fully saturated rings. The molecule has 72 valence electrons. The van der Waals surface area contributed by atoms with Crippen molar-refractivity contribution < 1.29 is 13.6 Å². The van der Waals surface area contributed by atoms with Crippen LogP contribution in [0.1, 0.15) is 5.76 Å². The lowest BCUT2D eigenvalue weighted by atomic mass is 10.4. The zero-order valence-electron chi connectivity index (χ0n) is 7.07. The highest BCUT2D eigenvalue weighted by molar-refractivity contribution is 6.28. The van der Waals surface area contributed by atoms with Crippen LogP contribution in [0.3, 0.4) is 0 Å². The predicted molar refractivity (Wildman–Crippen MR) is 49.0 cm³/mol. The van der Waals surface area contributed by atoms with Crippen molar-refractivity contribution in [2.24, 2.45) is 0 Å². The fourth-order valence-corrected chi connectivity index (χ4v) is 1.17. The summed E-state index contributed by atoms with van der Waals surface area (Å²) in [7, 11) is 0. The van der Waals surface area contributed by atoms with Crippen LogP contribution in [0.4, 0.5) is 0 Å². The summed E-state index contributed by atoms with van der Waals surface area (Å²) < 4.78 is 10.3. The number of halogens is 1. The summed E-state index contributed by atoms with van der Waals surface area (Å²) in [5.74, 6) is 1.28. The zero-order chi connectivity index (χ0) is 9.97. The molecule has 0 radical (unpaired) electrons. The lowest BCUT2D eigenvalue weighted by Gasteiger charge is -1.87. The highest BCUT2D eigenvalue weighted by Gasteiger charge is 2.09. The van der Waals surface area contributed by atoms with Gasteiger partial charge in [-0.1, -0.05) is 0 Å². The second kappa shape index (κ2) is 3.67. The molecule has 2 aromatic heterocycles. The van der Waals surface area contributed by atoms with Gasteiger partial charge in [0.25, 0.3) is 5.89 Å². The Bertz CT molecular complexity index is 446. The highest BCUT2D eigenvalue weighted by atomic mass is 35.5. The van der Waals surface area contributed by atoms with Crippen molar-refractivity contribution in [3.8, 4) is 11.7 Å². The van der Waals surface area contributed by atoms with Gasteiger partial charge in [0.2, 0.25) is 0 Å². The number of furan rings is 1. The van der Waals surface area contributed by atoms with E-state index >= 15 is 0 Å². The number of hydrogen-bond donors (Lipinski definition) is 0. The maximum absolute atomic E-state index is 10.2. The van der Waals surface area contributed by atoms with Crippen LogP contribution in [-0.4, -0.2) is 11.3 Å². The smallest absolute Gasteiger partial charge is 0.263 e. The average Bonchev–Trinajstić information content (AvgIpc) is 2.74. The van der Waals surface area contributed by atoms with E-state index in [0.717, 1.165) is 6.29 Å². The lowest BCUT2D eigenvalue weighted by Crippen LogP contribution is -1.79. The van der Waals surface area contributed by atoms with Crippen LogP contribution in [0.2, 0.25) is 5.22 Å². The van der Waals surface area contributed by atoms with Gasteiger partial charge in [0, 0.05) is 0 Å². The SMILES string of the molecule is O=CCc1cnc(-c2ccc(Cl)o2)o1. The molecule has 0 spiro atoms. The van der Waals surface area contributed by atoms with Crippen LogP contribution in [0.25, 0.3) is 11.7 Å². The Morgan fingerprint density at radius 2 is 2.29 bits per heavy atom. The highest BCUT2D eigenvalue weighted by Crippen LogP contribution is 2.24. The molecule has 4 nitrogen and oxygen atoms in total. The van der Waals surface area contributed by atoms with Crippen LogP contribution < -0.4 is 0 Å². The third-order valence-electron chi connectivity index (χ3n) is 1.62. The minimum Gasteiger partial charge on any atom is -0.440 e. The van der Waals surface area contributed by atoms with Gasteiger partial charge in [-0.05, 0) is 23.7 Å². The van der Waals surface area contributed by atoms with E-state index in [1.165, 1.54) is 6.20 Å². The Hall–Kier alpha value is -1.55. The summed E-state index contributed by atoms with van der Waals surface area (Å²) in [6.45, 7) is 0. The molecule has 2 heterocycles.